The molecule has 2 saturated heterocycles. The number of phenolic OH excluding ortho intramolecular Hbond substituents is 1. The van der Waals surface area contributed by atoms with E-state index in [0.29, 0.717) is 18.3 Å². The molecule has 3 heterocycles. The first kappa shape index (κ1) is 60.4. The van der Waals surface area contributed by atoms with Crippen LogP contribution in [0.25, 0.3) is 0 Å². The number of nitrogens with two attached hydrogens (primary N) is 1. The molecular weight excluding hydrogens is 953 g/mol. The molecule has 2 fully saturated rings. The molecule has 1 aromatic rings. The van der Waals surface area contributed by atoms with Gasteiger partial charge in [0, 0.05) is 38.6 Å². The summed E-state index contributed by atoms with van der Waals surface area (Å²) in [5, 5.41) is 97.4. The average Bonchev–Trinajstić information content (AvgIpc) is 3.94. The van der Waals surface area contributed by atoms with Gasteiger partial charge in [-0.05, 0) is 68.7 Å². The van der Waals surface area contributed by atoms with Gasteiger partial charge < -0.3 is 77.7 Å². The summed E-state index contributed by atoms with van der Waals surface area (Å²) < 4.78 is 0. The van der Waals surface area contributed by atoms with Crippen molar-refractivity contribution in [2.75, 3.05) is 19.6 Å². The molecule has 73 heavy (non-hydrogen) atoms. The number of fused-ring (bicyclic) bond motifs is 2. The number of aliphatic hydroxyl groups is 7. The fourth-order valence-electron chi connectivity index (χ4n) is 9.63. The van der Waals surface area contributed by atoms with E-state index in [0.717, 1.165) is 67.9 Å². The van der Waals surface area contributed by atoms with Gasteiger partial charge in [0.25, 0.3) is 5.91 Å². The Bertz CT molecular complexity index is 2030. The van der Waals surface area contributed by atoms with Gasteiger partial charge in [-0.2, -0.15) is 0 Å². The number of amides is 7. The largest absolute Gasteiger partial charge is 0.508 e. The highest BCUT2D eigenvalue weighted by Crippen LogP contribution is 2.27. The van der Waals surface area contributed by atoms with Crippen LogP contribution in [0.3, 0.4) is 0 Å². The minimum absolute atomic E-state index is 0.0109. The summed E-state index contributed by atoms with van der Waals surface area (Å²) >= 11 is 0. The molecule has 23 heteroatoms. The summed E-state index contributed by atoms with van der Waals surface area (Å²) in [5.41, 5.74) is 5.65. The van der Waals surface area contributed by atoms with Gasteiger partial charge >= 0.3 is 0 Å². The number of aliphatic hydroxyl groups excluding tert-OH is 7. The van der Waals surface area contributed by atoms with Crippen molar-refractivity contribution in [1.82, 2.24) is 31.1 Å². The molecule has 15 atom stereocenters. The molecule has 7 amide bonds. The number of carbonyl (C=O) groups is 7. The molecular formula is C50H80N8O15. The Kier molecular flexibility index (Phi) is 24.1. The van der Waals surface area contributed by atoms with Crippen molar-refractivity contribution in [1.29, 1.82) is 0 Å². The summed E-state index contributed by atoms with van der Waals surface area (Å²) in [6.45, 7) is 6.83. The van der Waals surface area contributed by atoms with Crippen molar-refractivity contribution in [3.63, 3.8) is 0 Å². The van der Waals surface area contributed by atoms with E-state index in [9.17, 15) is 74.4 Å². The van der Waals surface area contributed by atoms with Gasteiger partial charge in [0.1, 0.15) is 54.2 Å². The van der Waals surface area contributed by atoms with Gasteiger partial charge in [-0.15, -0.1) is 0 Å². The third-order valence-electron chi connectivity index (χ3n) is 14.1. The molecule has 410 valence electrons. The topological polar surface area (TPSA) is 374 Å². The van der Waals surface area contributed by atoms with Gasteiger partial charge in [0.15, 0.2) is 0 Å². The second-order valence-corrected chi connectivity index (χ2v) is 20.2. The first-order valence-corrected chi connectivity index (χ1v) is 25.7. The molecule has 0 spiro atoms. The van der Waals surface area contributed by atoms with Crippen LogP contribution in [-0.2, 0) is 33.6 Å². The molecule has 23 nitrogen and oxygen atoms in total. The predicted molar refractivity (Wildman–Crippen MR) is 265 cm³/mol. The van der Waals surface area contributed by atoms with E-state index in [4.69, 9.17) is 5.73 Å². The zero-order chi connectivity index (χ0) is 54.1. The van der Waals surface area contributed by atoms with E-state index in [2.05, 4.69) is 47.0 Å². The fraction of sp³-hybridized carbons (Fsp3) is 0.720. The van der Waals surface area contributed by atoms with E-state index in [1.54, 1.807) is 0 Å². The van der Waals surface area contributed by atoms with Crippen LogP contribution >= 0.6 is 0 Å². The van der Waals surface area contributed by atoms with Crippen LogP contribution in [-0.4, -0.2) is 191 Å². The lowest BCUT2D eigenvalue weighted by atomic mass is 9.91. The monoisotopic (exact) mass is 1030 g/mol. The number of aromatic hydroxyl groups is 1. The maximum Gasteiger partial charge on any atom is 0.270 e. The molecule has 3 aliphatic heterocycles. The van der Waals surface area contributed by atoms with E-state index in [-0.39, 0.29) is 43.7 Å². The molecule has 4 rings (SSSR count). The van der Waals surface area contributed by atoms with E-state index >= 15 is 0 Å². The Morgan fingerprint density at radius 3 is 2.04 bits per heavy atom. The van der Waals surface area contributed by atoms with Crippen molar-refractivity contribution in [2.24, 2.45) is 22.6 Å². The van der Waals surface area contributed by atoms with Crippen LogP contribution in [0.4, 0.5) is 0 Å². The molecule has 0 aliphatic carbocycles. The Morgan fingerprint density at radius 2 is 1.40 bits per heavy atom. The van der Waals surface area contributed by atoms with Crippen LogP contribution < -0.4 is 27.0 Å². The number of benzene rings is 1. The fourth-order valence-corrected chi connectivity index (χ4v) is 9.63. The van der Waals surface area contributed by atoms with Crippen molar-refractivity contribution in [3.8, 4) is 5.75 Å². The molecule has 0 radical (unpaired) electrons. The van der Waals surface area contributed by atoms with E-state index in [1.165, 1.54) is 30.7 Å². The standard InChI is InChI=1S/C50H80N8O15/c1-5-27(2)22-28(3)12-10-8-6-7-9-11-13-38(65)53-34-23-32(61)25-52-48(71)42-37(64)19-21-57(42)50(73)40(36(63)18-20-51)55-47(70)41(44(67)43(66)30-14-16-31(60)17-15-30)56-46(69)35-24-33(62)26-58(35)49(72)39(29(4)59)54-45(34)68/h14-17,25,27-29,32-37,39-44,59-64,66-67H,5-13,18-24,26,51H2,1-4H3,(H,53,65)(H,54,68)(H,55,70)(H,56,69)/t27-,28+,29+,32+,33+,34-,35-,36+,37-,39-,40-,41-,42-,43-,44-/m0/s1. The highest BCUT2D eigenvalue weighted by atomic mass is 16.3. The van der Waals surface area contributed by atoms with Crippen molar-refractivity contribution >= 4 is 47.6 Å². The van der Waals surface area contributed by atoms with Crippen LogP contribution in [0.15, 0.2) is 29.3 Å². The van der Waals surface area contributed by atoms with Crippen LogP contribution in [0.1, 0.15) is 129 Å². The van der Waals surface area contributed by atoms with Crippen LogP contribution in [0.2, 0.25) is 0 Å². The zero-order valence-electron chi connectivity index (χ0n) is 42.4. The number of nitrogens with one attached hydrogen (secondary N) is 4. The summed E-state index contributed by atoms with van der Waals surface area (Å²) in [4.78, 5) is 104. The number of rotatable bonds is 20. The summed E-state index contributed by atoms with van der Waals surface area (Å²) in [6.07, 6.45) is -4.52. The maximum absolute atomic E-state index is 14.3. The van der Waals surface area contributed by atoms with Crippen LogP contribution in [0.5, 0.6) is 5.75 Å². The van der Waals surface area contributed by atoms with Gasteiger partial charge in [0.2, 0.25) is 35.4 Å². The van der Waals surface area contributed by atoms with Crippen LogP contribution in [0, 0.1) is 11.8 Å². The van der Waals surface area contributed by atoms with E-state index in [1.807, 2.05) is 0 Å². The van der Waals surface area contributed by atoms with Gasteiger partial charge in [0.05, 0.1) is 30.5 Å². The number of hydrogen-bond acceptors (Lipinski definition) is 16. The number of phenols is 1. The normalized spacial score (nSPS) is 28.4. The second kappa shape index (κ2) is 29.1. The number of carbonyl (C=O) groups excluding carboxylic acids is 7. The Morgan fingerprint density at radius 1 is 0.781 bits per heavy atom. The lowest BCUT2D eigenvalue weighted by Crippen LogP contribution is -2.64. The van der Waals surface area contributed by atoms with Crippen molar-refractivity contribution < 1.29 is 74.4 Å². The number of hydrogen-bond donors (Lipinski definition) is 13. The summed E-state index contributed by atoms with van der Waals surface area (Å²) in [7, 11) is 0. The molecule has 3 aliphatic rings. The van der Waals surface area contributed by atoms with Crippen molar-refractivity contribution in [2.45, 2.75) is 197 Å². The third-order valence-corrected chi connectivity index (χ3v) is 14.1. The quantitative estimate of drug-likeness (QED) is 0.0647. The highest BCUT2D eigenvalue weighted by molar-refractivity contribution is 5.99. The number of unbranched alkanes of at least 4 members (excludes halogenated alkanes) is 5. The van der Waals surface area contributed by atoms with E-state index < -0.39 is 140 Å². The molecule has 14 N–H and O–H groups in total. The predicted octanol–water partition coefficient (Wildman–Crippen LogP) is -1.71. The minimum atomic E-state index is -2.27. The molecule has 0 saturated carbocycles. The minimum Gasteiger partial charge on any atom is -0.508 e. The van der Waals surface area contributed by atoms with Crippen molar-refractivity contribution in [3.05, 3.63) is 29.8 Å². The number of nitrogens with zero attached hydrogens (tertiary/aromatic N) is 3. The average molecular weight is 1030 g/mol. The Balaban J connectivity index is 1.67. The lowest BCUT2D eigenvalue weighted by molar-refractivity contribution is -0.147. The molecule has 0 aromatic heterocycles. The first-order valence-electron chi connectivity index (χ1n) is 25.7. The zero-order valence-corrected chi connectivity index (χ0v) is 42.4. The smallest absolute Gasteiger partial charge is 0.270 e. The van der Waals surface area contributed by atoms with Gasteiger partial charge in [-0.3, -0.25) is 33.6 Å². The van der Waals surface area contributed by atoms with Gasteiger partial charge in [-0.1, -0.05) is 77.8 Å². The van der Waals surface area contributed by atoms with Gasteiger partial charge in [-0.25, -0.2) is 4.99 Å². The summed E-state index contributed by atoms with van der Waals surface area (Å²) in [6, 6.07) is -6.30. The highest BCUT2D eigenvalue weighted by Gasteiger charge is 2.48. The molecule has 0 bridgehead atoms. The first-order chi connectivity index (χ1) is 34.6. The third kappa shape index (κ3) is 17.5. The number of aliphatic imine (C=N–C) groups is 1. The molecule has 0 unspecified atom stereocenters. The lowest BCUT2D eigenvalue weighted by Gasteiger charge is -2.34. The summed E-state index contributed by atoms with van der Waals surface area (Å²) in [5.74, 6) is -6.50. The maximum atomic E-state index is 14.3. The SMILES string of the molecule is CC[C@H](C)C[C@H](C)CCCCCCCCC(=O)N[C@H]1C[C@@H](O)C=NC(=O)[C@@H]2[C@@H](O)CCN2C(=O)[C@H]([C@H](O)CCN)NC(=O)[C@H]([C@H](O)[C@@H](O)c2ccc(O)cc2)NC(=O)[C@@H]2C[C@@H](O)CN2C(=O)[C@H]([C@@H](C)O)NC1=O. The molecule has 1 aromatic carbocycles. The Labute approximate surface area is 426 Å². The Hall–Kier alpha value is -5.14. The second-order valence-electron chi connectivity index (χ2n) is 20.2.